The van der Waals surface area contributed by atoms with E-state index in [9.17, 15) is 13.2 Å². The van der Waals surface area contributed by atoms with Gasteiger partial charge < -0.3 is 10.5 Å². The third-order valence-corrected chi connectivity index (χ3v) is 2.42. The van der Waals surface area contributed by atoms with Crippen molar-refractivity contribution in [3.63, 3.8) is 0 Å². The molecule has 1 aromatic rings. The lowest BCUT2D eigenvalue weighted by molar-refractivity contribution is -0.274. The summed E-state index contributed by atoms with van der Waals surface area (Å²) in [7, 11) is 0. The lowest BCUT2D eigenvalue weighted by Crippen LogP contribution is -2.31. The average molecular weight is 261 g/mol. The molecule has 0 spiro atoms. The largest absolute Gasteiger partial charge is 0.573 e. The molecule has 0 saturated heterocycles. The molecule has 0 bridgehead atoms. The highest BCUT2D eigenvalue weighted by atomic mass is 19.4. The van der Waals surface area contributed by atoms with Crippen LogP contribution in [0.4, 0.5) is 13.2 Å². The Bertz CT molecular complexity index is 383. The van der Waals surface area contributed by atoms with Gasteiger partial charge in [0.1, 0.15) is 5.75 Å². The van der Waals surface area contributed by atoms with E-state index in [2.05, 4.69) is 4.74 Å². The summed E-state index contributed by atoms with van der Waals surface area (Å²) in [6.45, 7) is 3.85. The molecule has 0 radical (unpaired) electrons. The normalized spacial score (nSPS) is 12.6. The van der Waals surface area contributed by atoms with E-state index in [0.717, 1.165) is 18.4 Å². The fraction of sp³-hybridized carbons (Fsp3) is 0.538. The van der Waals surface area contributed by atoms with Crippen LogP contribution in [0.15, 0.2) is 24.3 Å². The molecular weight excluding hydrogens is 243 g/mol. The minimum Gasteiger partial charge on any atom is -0.406 e. The zero-order valence-electron chi connectivity index (χ0n) is 10.6. The molecule has 0 fully saturated rings. The van der Waals surface area contributed by atoms with Gasteiger partial charge in [-0.1, -0.05) is 12.1 Å². The monoisotopic (exact) mass is 261 g/mol. The van der Waals surface area contributed by atoms with Crippen LogP contribution >= 0.6 is 0 Å². The molecule has 0 aliphatic rings. The fourth-order valence-corrected chi connectivity index (χ4v) is 1.65. The van der Waals surface area contributed by atoms with Crippen molar-refractivity contribution in [1.29, 1.82) is 0 Å². The van der Waals surface area contributed by atoms with Crippen molar-refractivity contribution in [2.45, 2.75) is 45.0 Å². The van der Waals surface area contributed by atoms with E-state index in [-0.39, 0.29) is 11.3 Å². The Morgan fingerprint density at radius 1 is 1.22 bits per heavy atom. The van der Waals surface area contributed by atoms with Crippen LogP contribution in [0.5, 0.6) is 5.75 Å². The Kier molecular flexibility index (Phi) is 4.62. The number of hydrogen-bond acceptors (Lipinski definition) is 2. The highest BCUT2D eigenvalue weighted by Gasteiger charge is 2.31. The summed E-state index contributed by atoms with van der Waals surface area (Å²) in [5.41, 5.74) is 6.41. The average Bonchev–Trinajstić information content (AvgIpc) is 2.13. The van der Waals surface area contributed by atoms with Gasteiger partial charge in [0, 0.05) is 5.54 Å². The predicted molar refractivity (Wildman–Crippen MR) is 64.3 cm³/mol. The molecular formula is C13H18F3NO. The third kappa shape index (κ3) is 6.49. The van der Waals surface area contributed by atoms with E-state index in [0.29, 0.717) is 6.42 Å². The topological polar surface area (TPSA) is 35.2 Å². The van der Waals surface area contributed by atoms with E-state index in [1.165, 1.54) is 12.1 Å². The van der Waals surface area contributed by atoms with Crippen LogP contribution in [0, 0.1) is 0 Å². The molecule has 102 valence electrons. The summed E-state index contributed by atoms with van der Waals surface area (Å²) >= 11 is 0. The van der Waals surface area contributed by atoms with Crippen molar-refractivity contribution in [3.8, 4) is 5.75 Å². The lowest BCUT2D eigenvalue weighted by atomic mass is 9.97. The van der Waals surface area contributed by atoms with Crippen LogP contribution in [-0.4, -0.2) is 11.9 Å². The van der Waals surface area contributed by atoms with Crippen LogP contribution in [0.25, 0.3) is 0 Å². The highest BCUT2D eigenvalue weighted by molar-refractivity contribution is 5.28. The summed E-state index contributed by atoms with van der Waals surface area (Å²) in [4.78, 5) is 0. The standard InChI is InChI=1S/C13H18F3NO/c1-12(2,17)8-4-6-10-5-3-7-11(9-10)18-13(14,15)16/h3,5,7,9H,4,6,8,17H2,1-2H3. The lowest BCUT2D eigenvalue weighted by Gasteiger charge is -2.18. The Balaban J connectivity index is 2.55. The molecule has 0 aliphatic carbocycles. The Morgan fingerprint density at radius 2 is 1.89 bits per heavy atom. The summed E-state index contributed by atoms with van der Waals surface area (Å²) in [6, 6.07) is 6.05. The van der Waals surface area contributed by atoms with Gasteiger partial charge in [-0.15, -0.1) is 13.2 Å². The maximum Gasteiger partial charge on any atom is 0.573 e. The molecule has 0 unspecified atom stereocenters. The number of nitrogens with two attached hydrogens (primary N) is 1. The van der Waals surface area contributed by atoms with Gasteiger partial charge in [-0.2, -0.15) is 0 Å². The van der Waals surface area contributed by atoms with Crippen LogP contribution in [-0.2, 0) is 6.42 Å². The molecule has 0 saturated carbocycles. The quantitative estimate of drug-likeness (QED) is 0.878. The maximum absolute atomic E-state index is 12.0. The van der Waals surface area contributed by atoms with E-state index in [1.54, 1.807) is 12.1 Å². The molecule has 0 aromatic heterocycles. The predicted octanol–water partition coefficient (Wildman–Crippen LogP) is 3.65. The minimum atomic E-state index is -4.64. The molecule has 0 heterocycles. The van der Waals surface area contributed by atoms with Gasteiger partial charge in [0.15, 0.2) is 0 Å². The van der Waals surface area contributed by atoms with E-state index in [1.807, 2.05) is 13.8 Å². The number of hydrogen-bond donors (Lipinski definition) is 1. The fourth-order valence-electron chi connectivity index (χ4n) is 1.65. The smallest absolute Gasteiger partial charge is 0.406 e. The summed E-state index contributed by atoms with van der Waals surface area (Å²) in [5, 5.41) is 0. The second-order valence-electron chi connectivity index (χ2n) is 5.04. The molecule has 1 rings (SSSR count). The van der Waals surface area contributed by atoms with Gasteiger partial charge in [-0.25, -0.2) is 0 Å². The molecule has 1 aromatic carbocycles. The number of rotatable bonds is 5. The molecule has 5 heteroatoms. The Labute approximate surface area is 105 Å². The number of halogens is 3. The zero-order chi connectivity index (χ0) is 13.8. The van der Waals surface area contributed by atoms with Gasteiger partial charge in [0.25, 0.3) is 0 Å². The Hall–Kier alpha value is -1.23. The van der Waals surface area contributed by atoms with Crippen molar-refractivity contribution in [2.75, 3.05) is 0 Å². The minimum absolute atomic E-state index is 0.174. The van der Waals surface area contributed by atoms with Crippen molar-refractivity contribution < 1.29 is 17.9 Å². The first-order valence-corrected chi connectivity index (χ1v) is 5.79. The molecule has 0 atom stereocenters. The van der Waals surface area contributed by atoms with Gasteiger partial charge in [-0.05, 0) is 50.8 Å². The van der Waals surface area contributed by atoms with E-state index in [4.69, 9.17) is 5.73 Å². The maximum atomic E-state index is 12.0. The molecule has 0 aliphatic heterocycles. The number of ether oxygens (including phenoxy) is 1. The second kappa shape index (κ2) is 5.61. The first-order chi connectivity index (χ1) is 8.16. The number of alkyl halides is 3. The van der Waals surface area contributed by atoms with Crippen LogP contribution in [0.2, 0.25) is 0 Å². The number of aryl methyl sites for hydroxylation is 1. The van der Waals surface area contributed by atoms with Crippen LogP contribution < -0.4 is 10.5 Å². The van der Waals surface area contributed by atoms with E-state index >= 15 is 0 Å². The highest BCUT2D eigenvalue weighted by Crippen LogP contribution is 2.24. The van der Waals surface area contributed by atoms with Crippen molar-refractivity contribution in [2.24, 2.45) is 5.73 Å². The SMILES string of the molecule is CC(C)(N)CCCc1cccc(OC(F)(F)F)c1. The third-order valence-electron chi connectivity index (χ3n) is 2.42. The first kappa shape index (κ1) is 14.8. The van der Waals surface area contributed by atoms with Crippen molar-refractivity contribution in [3.05, 3.63) is 29.8 Å². The van der Waals surface area contributed by atoms with Crippen LogP contribution in [0.1, 0.15) is 32.3 Å². The van der Waals surface area contributed by atoms with E-state index < -0.39 is 6.36 Å². The second-order valence-corrected chi connectivity index (χ2v) is 5.04. The molecule has 18 heavy (non-hydrogen) atoms. The summed E-state index contributed by atoms with van der Waals surface area (Å²) in [6.07, 6.45) is -2.30. The van der Waals surface area contributed by atoms with Gasteiger partial charge >= 0.3 is 6.36 Å². The van der Waals surface area contributed by atoms with Crippen molar-refractivity contribution >= 4 is 0 Å². The zero-order valence-corrected chi connectivity index (χ0v) is 10.6. The molecule has 2 N–H and O–H groups in total. The summed E-state index contributed by atoms with van der Waals surface area (Å²) < 4.78 is 40.0. The van der Waals surface area contributed by atoms with Crippen LogP contribution in [0.3, 0.4) is 0 Å². The Morgan fingerprint density at radius 3 is 2.44 bits per heavy atom. The molecule has 2 nitrogen and oxygen atoms in total. The van der Waals surface area contributed by atoms with Gasteiger partial charge in [-0.3, -0.25) is 0 Å². The summed E-state index contributed by atoms with van der Waals surface area (Å²) in [5.74, 6) is -0.174. The number of benzene rings is 1. The van der Waals surface area contributed by atoms with Gasteiger partial charge in [0.05, 0.1) is 0 Å². The first-order valence-electron chi connectivity index (χ1n) is 5.79. The van der Waals surface area contributed by atoms with Crippen molar-refractivity contribution in [1.82, 2.24) is 0 Å². The molecule has 0 amide bonds. The van der Waals surface area contributed by atoms with Gasteiger partial charge in [0.2, 0.25) is 0 Å².